The lowest BCUT2D eigenvalue weighted by atomic mass is 10.1. The predicted molar refractivity (Wildman–Crippen MR) is 62.3 cm³/mol. The highest BCUT2D eigenvalue weighted by Crippen LogP contribution is 2.26. The largest absolute Gasteiger partial charge is 0.466 e. The Morgan fingerprint density at radius 3 is 2.64 bits per heavy atom. The SMILES string of the molecule is COCOc1c(C)cc(CO)cc1I. The van der Waals surface area contributed by atoms with Gasteiger partial charge in [-0.15, -0.1) is 0 Å². The van der Waals surface area contributed by atoms with Crippen LogP contribution in [0.25, 0.3) is 0 Å². The third-order valence-corrected chi connectivity index (χ3v) is 2.59. The van der Waals surface area contributed by atoms with E-state index in [1.165, 1.54) is 0 Å². The monoisotopic (exact) mass is 308 g/mol. The van der Waals surface area contributed by atoms with Crippen LogP contribution in [0.5, 0.6) is 5.75 Å². The van der Waals surface area contributed by atoms with Crippen molar-refractivity contribution in [3.05, 3.63) is 26.8 Å². The molecule has 1 aromatic rings. The molecule has 0 heterocycles. The number of aliphatic hydroxyl groups excluding tert-OH is 1. The van der Waals surface area contributed by atoms with Crippen molar-refractivity contribution in [2.75, 3.05) is 13.9 Å². The molecule has 0 amide bonds. The van der Waals surface area contributed by atoms with Crippen LogP contribution in [-0.4, -0.2) is 19.0 Å². The summed E-state index contributed by atoms with van der Waals surface area (Å²) in [5, 5.41) is 8.98. The van der Waals surface area contributed by atoms with Crippen molar-refractivity contribution < 1.29 is 14.6 Å². The molecule has 0 atom stereocenters. The number of aryl methyl sites for hydroxylation is 1. The molecule has 0 radical (unpaired) electrons. The van der Waals surface area contributed by atoms with Gasteiger partial charge in [-0.2, -0.15) is 0 Å². The van der Waals surface area contributed by atoms with Crippen LogP contribution in [0.4, 0.5) is 0 Å². The zero-order valence-corrected chi connectivity index (χ0v) is 10.4. The van der Waals surface area contributed by atoms with Gasteiger partial charge in [0.25, 0.3) is 0 Å². The first-order valence-electron chi connectivity index (χ1n) is 4.20. The van der Waals surface area contributed by atoms with Gasteiger partial charge in [0.15, 0.2) is 6.79 Å². The van der Waals surface area contributed by atoms with Crippen molar-refractivity contribution in [1.29, 1.82) is 0 Å². The number of rotatable bonds is 4. The van der Waals surface area contributed by atoms with Gasteiger partial charge in [-0.05, 0) is 46.7 Å². The van der Waals surface area contributed by atoms with E-state index in [1.807, 2.05) is 19.1 Å². The van der Waals surface area contributed by atoms with Gasteiger partial charge in [0.2, 0.25) is 0 Å². The molecule has 1 N–H and O–H groups in total. The number of hydrogen-bond acceptors (Lipinski definition) is 3. The number of halogens is 1. The lowest BCUT2D eigenvalue weighted by Crippen LogP contribution is -2.02. The highest BCUT2D eigenvalue weighted by atomic mass is 127. The molecule has 14 heavy (non-hydrogen) atoms. The fourth-order valence-electron chi connectivity index (χ4n) is 1.19. The van der Waals surface area contributed by atoms with Crippen LogP contribution in [-0.2, 0) is 11.3 Å². The van der Waals surface area contributed by atoms with E-state index in [-0.39, 0.29) is 13.4 Å². The molecule has 1 rings (SSSR count). The van der Waals surface area contributed by atoms with Gasteiger partial charge in [0, 0.05) is 7.11 Å². The molecule has 0 spiro atoms. The van der Waals surface area contributed by atoms with Gasteiger partial charge in [-0.3, -0.25) is 0 Å². The van der Waals surface area contributed by atoms with E-state index in [0.717, 1.165) is 20.4 Å². The van der Waals surface area contributed by atoms with Gasteiger partial charge in [-0.1, -0.05) is 6.07 Å². The quantitative estimate of drug-likeness (QED) is 0.684. The second-order valence-electron chi connectivity index (χ2n) is 2.93. The molecule has 0 aliphatic rings. The van der Waals surface area contributed by atoms with Crippen LogP contribution in [0, 0.1) is 10.5 Å². The Hall–Kier alpha value is -0.330. The maximum Gasteiger partial charge on any atom is 0.188 e. The molecule has 3 nitrogen and oxygen atoms in total. The van der Waals surface area contributed by atoms with Crippen molar-refractivity contribution in [2.45, 2.75) is 13.5 Å². The summed E-state index contributed by atoms with van der Waals surface area (Å²) in [7, 11) is 1.59. The Balaban J connectivity index is 2.93. The number of hydrogen-bond donors (Lipinski definition) is 1. The highest BCUT2D eigenvalue weighted by molar-refractivity contribution is 14.1. The Morgan fingerprint density at radius 1 is 1.43 bits per heavy atom. The van der Waals surface area contributed by atoms with Crippen LogP contribution in [0.15, 0.2) is 12.1 Å². The summed E-state index contributed by atoms with van der Waals surface area (Å²) in [5.41, 5.74) is 1.91. The van der Waals surface area contributed by atoms with Gasteiger partial charge >= 0.3 is 0 Å². The molecule has 4 heteroatoms. The van der Waals surface area contributed by atoms with Crippen LogP contribution >= 0.6 is 22.6 Å². The van der Waals surface area contributed by atoms with E-state index in [4.69, 9.17) is 14.6 Å². The van der Waals surface area contributed by atoms with E-state index < -0.39 is 0 Å². The van der Waals surface area contributed by atoms with Crippen molar-refractivity contribution in [2.24, 2.45) is 0 Å². The van der Waals surface area contributed by atoms with E-state index in [9.17, 15) is 0 Å². The molecule has 1 aromatic carbocycles. The molecule has 0 saturated heterocycles. The second-order valence-corrected chi connectivity index (χ2v) is 4.09. The maximum absolute atomic E-state index is 8.98. The molecule has 0 unspecified atom stereocenters. The molecule has 78 valence electrons. The van der Waals surface area contributed by atoms with Crippen LogP contribution < -0.4 is 4.74 Å². The first-order valence-corrected chi connectivity index (χ1v) is 5.28. The van der Waals surface area contributed by atoms with Crippen molar-refractivity contribution in [3.63, 3.8) is 0 Å². The summed E-state index contributed by atoms with van der Waals surface area (Å²) in [6.07, 6.45) is 0. The zero-order chi connectivity index (χ0) is 10.6. The molecule has 0 aliphatic heterocycles. The number of benzene rings is 1. The summed E-state index contributed by atoms with van der Waals surface area (Å²) in [4.78, 5) is 0. The van der Waals surface area contributed by atoms with Crippen molar-refractivity contribution in [3.8, 4) is 5.75 Å². The lowest BCUT2D eigenvalue weighted by Gasteiger charge is -2.11. The van der Waals surface area contributed by atoms with E-state index in [2.05, 4.69) is 22.6 Å². The van der Waals surface area contributed by atoms with Crippen LogP contribution in [0.1, 0.15) is 11.1 Å². The first kappa shape index (κ1) is 11.7. The summed E-state index contributed by atoms with van der Waals surface area (Å²) in [5.74, 6) is 0.824. The molecular formula is C10H13IO3. The number of ether oxygens (including phenoxy) is 2. The minimum atomic E-state index is 0.0569. The molecule has 0 fully saturated rings. The standard InChI is InChI=1S/C10H13IO3/c1-7-3-8(5-12)4-9(11)10(7)14-6-13-2/h3-4,12H,5-6H2,1-2H3. The van der Waals surface area contributed by atoms with Crippen molar-refractivity contribution >= 4 is 22.6 Å². The second kappa shape index (κ2) is 5.53. The van der Waals surface area contributed by atoms with E-state index >= 15 is 0 Å². The van der Waals surface area contributed by atoms with Gasteiger partial charge < -0.3 is 14.6 Å². The summed E-state index contributed by atoms with van der Waals surface area (Å²) < 4.78 is 11.2. The normalized spacial score (nSPS) is 10.3. The van der Waals surface area contributed by atoms with Crippen LogP contribution in [0.2, 0.25) is 0 Å². The Bertz CT molecular complexity index is 289. The van der Waals surface area contributed by atoms with Crippen LogP contribution in [0.3, 0.4) is 0 Å². The van der Waals surface area contributed by atoms with Gasteiger partial charge in [-0.25, -0.2) is 0 Å². The topological polar surface area (TPSA) is 38.7 Å². The Kier molecular flexibility index (Phi) is 4.64. The molecular weight excluding hydrogens is 295 g/mol. The number of methoxy groups -OCH3 is 1. The Labute approximate surface area is 97.2 Å². The Morgan fingerprint density at radius 2 is 2.14 bits per heavy atom. The summed E-state index contributed by atoms with van der Waals surface area (Å²) in [6.45, 7) is 2.25. The lowest BCUT2D eigenvalue weighted by molar-refractivity contribution is 0.0500. The van der Waals surface area contributed by atoms with E-state index in [0.29, 0.717) is 0 Å². The summed E-state index contributed by atoms with van der Waals surface area (Å²) >= 11 is 2.18. The van der Waals surface area contributed by atoms with Crippen molar-refractivity contribution in [1.82, 2.24) is 0 Å². The fourth-order valence-corrected chi connectivity index (χ4v) is 2.17. The maximum atomic E-state index is 8.98. The molecule has 0 aliphatic carbocycles. The summed E-state index contributed by atoms with van der Waals surface area (Å²) in [6, 6.07) is 3.81. The molecule has 0 saturated carbocycles. The minimum Gasteiger partial charge on any atom is -0.466 e. The average Bonchev–Trinajstić information content (AvgIpc) is 2.16. The number of aliphatic hydroxyl groups is 1. The molecule has 0 aromatic heterocycles. The first-order chi connectivity index (χ1) is 6.69. The fraction of sp³-hybridized carbons (Fsp3) is 0.400. The minimum absolute atomic E-state index is 0.0569. The molecule has 0 bridgehead atoms. The predicted octanol–water partition coefficient (Wildman–Crippen LogP) is 2.07. The van der Waals surface area contributed by atoms with Gasteiger partial charge in [0.05, 0.1) is 10.2 Å². The average molecular weight is 308 g/mol. The van der Waals surface area contributed by atoms with E-state index in [1.54, 1.807) is 7.11 Å². The zero-order valence-electron chi connectivity index (χ0n) is 8.21. The third-order valence-electron chi connectivity index (χ3n) is 1.79. The highest BCUT2D eigenvalue weighted by Gasteiger charge is 2.06. The van der Waals surface area contributed by atoms with Gasteiger partial charge in [0.1, 0.15) is 5.75 Å². The third kappa shape index (κ3) is 2.83. The smallest absolute Gasteiger partial charge is 0.188 e.